The lowest BCUT2D eigenvalue weighted by Gasteiger charge is -2.10. The van der Waals surface area contributed by atoms with Gasteiger partial charge >= 0.3 is 0 Å². The Balaban J connectivity index is 2.54. The number of hydrogen-bond acceptors (Lipinski definition) is 2. The Morgan fingerprint density at radius 3 is 2.73 bits per heavy atom. The van der Waals surface area contributed by atoms with Crippen molar-refractivity contribution in [2.75, 3.05) is 13.2 Å². The number of hydrogen-bond donors (Lipinski definition) is 1. The van der Waals surface area contributed by atoms with E-state index in [2.05, 4.69) is 11.8 Å². The second-order valence-electron chi connectivity index (χ2n) is 3.26. The van der Waals surface area contributed by atoms with Crippen LogP contribution in [0.2, 0.25) is 0 Å². The average Bonchev–Trinajstić information content (AvgIpc) is 2.33. The zero-order chi connectivity index (χ0) is 8.32. The molecule has 2 heteroatoms. The molecular weight excluding hydrogens is 140 g/mol. The zero-order valence-corrected chi connectivity index (χ0v) is 7.05. The van der Waals surface area contributed by atoms with E-state index in [1.165, 1.54) is 0 Å². The quantitative estimate of drug-likeness (QED) is 0.523. The Morgan fingerprint density at radius 1 is 1.55 bits per heavy atom. The predicted octanol–water partition coefficient (Wildman–Crippen LogP) is 0.797. The molecule has 1 rings (SSSR count). The van der Waals surface area contributed by atoms with Crippen molar-refractivity contribution in [3.8, 4) is 11.8 Å². The maximum atomic E-state index is 9.64. The van der Waals surface area contributed by atoms with Gasteiger partial charge in [0.25, 0.3) is 0 Å². The summed E-state index contributed by atoms with van der Waals surface area (Å²) in [5.41, 5.74) is -0.857. The van der Waals surface area contributed by atoms with E-state index in [1.807, 2.05) is 13.8 Å². The first-order valence-corrected chi connectivity index (χ1v) is 3.95. The van der Waals surface area contributed by atoms with Crippen molar-refractivity contribution in [3.63, 3.8) is 0 Å². The molecule has 0 bridgehead atoms. The highest BCUT2D eigenvalue weighted by Crippen LogP contribution is 2.16. The van der Waals surface area contributed by atoms with Crippen molar-refractivity contribution in [2.24, 2.45) is 5.92 Å². The lowest BCUT2D eigenvalue weighted by atomic mass is 10.0. The van der Waals surface area contributed by atoms with Gasteiger partial charge in [-0.05, 0) is 0 Å². The Hall–Kier alpha value is -0.520. The summed E-state index contributed by atoms with van der Waals surface area (Å²) in [5, 5.41) is 9.64. The van der Waals surface area contributed by atoms with Gasteiger partial charge in [-0.15, -0.1) is 0 Å². The van der Waals surface area contributed by atoms with Crippen molar-refractivity contribution in [2.45, 2.75) is 25.9 Å². The van der Waals surface area contributed by atoms with Gasteiger partial charge in [0.15, 0.2) is 5.60 Å². The predicted molar refractivity (Wildman–Crippen MR) is 43.0 cm³/mol. The molecule has 0 saturated carbocycles. The van der Waals surface area contributed by atoms with Gasteiger partial charge in [-0.25, -0.2) is 0 Å². The molecule has 0 aromatic carbocycles. The average molecular weight is 154 g/mol. The molecule has 0 aliphatic carbocycles. The van der Waals surface area contributed by atoms with E-state index in [0.717, 1.165) is 0 Å². The molecule has 62 valence electrons. The van der Waals surface area contributed by atoms with Crippen LogP contribution in [0.4, 0.5) is 0 Å². The molecule has 1 N–H and O–H groups in total. The second-order valence-corrected chi connectivity index (χ2v) is 3.26. The van der Waals surface area contributed by atoms with Crippen LogP contribution in [0.15, 0.2) is 0 Å². The number of rotatable bonds is 0. The van der Waals surface area contributed by atoms with Crippen molar-refractivity contribution in [3.05, 3.63) is 0 Å². The van der Waals surface area contributed by atoms with Gasteiger partial charge in [-0.3, -0.25) is 0 Å². The maximum Gasteiger partial charge on any atom is 0.150 e. The fourth-order valence-electron chi connectivity index (χ4n) is 0.931. The molecule has 0 aromatic heterocycles. The monoisotopic (exact) mass is 154 g/mol. The summed E-state index contributed by atoms with van der Waals surface area (Å²) in [6, 6.07) is 0. The summed E-state index contributed by atoms with van der Waals surface area (Å²) in [4.78, 5) is 0. The SMILES string of the molecule is CC(C)C#CC1(O)CCOC1. The normalized spacial score (nSPS) is 30.2. The smallest absolute Gasteiger partial charge is 0.150 e. The van der Waals surface area contributed by atoms with Crippen molar-refractivity contribution >= 4 is 0 Å². The molecule has 1 aliphatic heterocycles. The van der Waals surface area contributed by atoms with Crippen molar-refractivity contribution in [1.82, 2.24) is 0 Å². The van der Waals surface area contributed by atoms with Gasteiger partial charge in [0.1, 0.15) is 0 Å². The summed E-state index contributed by atoms with van der Waals surface area (Å²) < 4.78 is 5.04. The Bertz CT molecular complexity index is 179. The highest BCUT2D eigenvalue weighted by atomic mass is 16.5. The summed E-state index contributed by atoms with van der Waals surface area (Å²) >= 11 is 0. The van der Waals surface area contributed by atoms with Crippen LogP contribution >= 0.6 is 0 Å². The summed E-state index contributed by atoms with van der Waals surface area (Å²) in [5.74, 6) is 6.10. The van der Waals surface area contributed by atoms with Crippen LogP contribution < -0.4 is 0 Å². The molecule has 1 fully saturated rings. The first-order chi connectivity index (χ1) is 5.12. The molecular formula is C9H14O2. The Labute approximate surface area is 67.6 Å². The van der Waals surface area contributed by atoms with Crippen LogP contribution in [-0.4, -0.2) is 23.9 Å². The third-order valence-corrected chi connectivity index (χ3v) is 1.59. The lowest BCUT2D eigenvalue weighted by Crippen LogP contribution is -2.26. The summed E-state index contributed by atoms with van der Waals surface area (Å²) in [6.45, 7) is 5.01. The molecule has 1 saturated heterocycles. The highest BCUT2D eigenvalue weighted by molar-refractivity contribution is 5.16. The van der Waals surface area contributed by atoms with Crippen LogP contribution in [0.3, 0.4) is 0 Å². The van der Waals surface area contributed by atoms with E-state index in [0.29, 0.717) is 25.6 Å². The van der Waals surface area contributed by atoms with E-state index in [1.54, 1.807) is 0 Å². The van der Waals surface area contributed by atoms with Crippen molar-refractivity contribution < 1.29 is 9.84 Å². The van der Waals surface area contributed by atoms with E-state index in [-0.39, 0.29) is 0 Å². The lowest BCUT2D eigenvalue weighted by molar-refractivity contribution is 0.0763. The molecule has 0 aromatic rings. The minimum Gasteiger partial charge on any atom is -0.377 e. The highest BCUT2D eigenvalue weighted by Gasteiger charge is 2.29. The third kappa shape index (κ3) is 2.53. The van der Waals surface area contributed by atoms with Gasteiger partial charge < -0.3 is 9.84 Å². The van der Waals surface area contributed by atoms with E-state index in [9.17, 15) is 5.11 Å². The first-order valence-electron chi connectivity index (χ1n) is 3.95. The topological polar surface area (TPSA) is 29.5 Å². The molecule has 2 nitrogen and oxygen atoms in total. The van der Waals surface area contributed by atoms with Crippen molar-refractivity contribution in [1.29, 1.82) is 0 Å². The first kappa shape index (κ1) is 8.58. The van der Waals surface area contributed by atoms with Crippen LogP contribution in [-0.2, 0) is 4.74 Å². The molecule has 1 unspecified atom stereocenters. The van der Waals surface area contributed by atoms with Crippen LogP contribution in [0.1, 0.15) is 20.3 Å². The van der Waals surface area contributed by atoms with Gasteiger partial charge in [0, 0.05) is 12.3 Å². The maximum absolute atomic E-state index is 9.64. The molecule has 1 atom stereocenters. The second kappa shape index (κ2) is 3.25. The molecule has 0 spiro atoms. The standard InChI is InChI=1S/C9H14O2/c1-8(2)3-4-9(10)5-6-11-7-9/h8,10H,5-7H2,1-2H3. The number of ether oxygens (including phenoxy) is 1. The summed E-state index contributed by atoms with van der Waals surface area (Å²) in [7, 11) is 0. The van der Waals surface area contributed by atoms with E-state index < -0.39 is 5.60 Å². The molecule has 0 radical (unpaired) electrons. The number of aliphatic hydroxyl groups is 1. The molecule has 1 heterocycles. The third-order valence-electron chi connectivity index (χ3n) is 1.59. The minimum atomic E-state index is -0.857. The van der Waals surface area contributed by atoms with E-state index in [4.69, 9.17) is 4.74 Å². The summed E-state index contributed by atoms with van der Waals surface area (Å²) in [6.07, 6.45) is 0.646. The van der Waals surface area contributed by atoms with Gasteiger partial charge in [0.05, 0.1) is 13.2 Å². The molecule has 11 heavy (non-hydrogen) atoms. The largest absolute Gasteiger partial charge is 0.377 e. The van der Waals surface area contributed by atoms with Gasteiger partial charge in [-0.1, -0.05) is 25.7 Å². The molecule has 1 aliphatic rings. The molecule has 0 amide bonds. The Morgan fingerprint density at radius 2 is 2.27 bits per heavy atom. The van der Waals surface area contributed by atoms with E-state index >= 15 is 0 Å². The minimum absolute atomic E-state index is 0.319. The Kier molecular flexibility index (Phi) is 2.53. The van der Waals surface area contributed by atoms with Crippen LogP contribution in [0.25, 0.3) is 0 Å². The van der Waals surface area contributed by atoms with Crippen LogP contribution in [0.5, 0.6) is 0 Å². The zero-order valence-electron chi connectivity index (χ0n) is 7.05. The van der Waals surface area contributed by atoms with Crippen LogP contribution in [0, 0.1) is 17.8 Å². The van der Waals surface area contributed by atoms with Gasteiger partial charge in [0.2, 0.25) is 0 Å². The van der Waals surface area contributed by atoms with Gasteiger partial charge in [-0.2, -0.15) is 0 Å². The fraction of sp³-hybridized carbons (Fsp3) is 0.778. The fourth-order valence-corrected chi connectivity index (χ4v) is 0.931.